The Kier molecular flexibility index (Phi) is 4.39. The molecule has 1 aromatic rings. The number of aryl methyl sites for hydroxylation is 1. The predicted octanol–water partition coefficient (Wildman–Crippen LogP) is 2.98. The maximum atomic E-state index is 12.3. The van der Waals surface area contributed by atoms with Crippen molar-refractivity contribution < 1.29 is 4.79 Å². The highest BCUT2D eigenvalue weighted by Gasteiger charge is 2.36. The molecule has 1 amide bonds. The van der Waals surface area contributed by atoms with Crippen LogP contribution in [-0.2, 0) is 0 Å². The molecule has 1 aliphatic rings. The average Bonchev–Trinajstić information content (AvgIpc) is 2.48. The number of pyridine rings is 1. The van der Waals surface area contributed by atoms with Crippen LogP contribution in [0, 0.1) is 24.2 Å². The molecule has 4 nitrogen and oxygen atoms in total. The molecule has 2 rings (SSSR count). The summed E-state index contributed by atoms with van der Waals surface area (Å²) in [4.78, 5) is 16.5. The van der Waals surface area contributed by atoms with Gasteiger partial charge >= 0.3 is 0 Å². The summed E-state index contributed by atoms with van der Waals surface area (Å²) in [6.45, 7) is 4.03. The minimum Gasteiger partial charge on any atom is -0.332 e. The van der Waals surface area contributed by atoms with Crippen molar-refractivity contribution >= 4 is 5.91 Å². The second-order valence-electron chi connectivity index (χ2n) is 5.66. The summed E-state index contributed by atoms with van der Waals surface area (Å²) in [6, 6.07) is 7.66. The van der Waals surface area contributed by atoms with Crippen LogP contribution in [0.25, 0.3) is 0 Å². The van der Waals surface area contributed by atoms with E-state index in [1.54, 1.807) is 6.07 Å². The van der Waals surface area contributed by atoms with Crippen LogP contribution in [0.3, 0.4) is 0 Å². The Morgan fingerprint density at radius 3 is 2.75 bits per heavy atom. The minimum atomic E-state index is -0.714. The molecule has 0 radical (unpaired) electrons. The SMILES string of the molecule is CCC1CCC(C#N)(NC(=O)c2cccc(C)n2)CC1. The van der Waals surface area contributed by atoms with E-state index in [1.807, 2.05) is 19.1 Å². The predicted molar refractivity (Wildman–Crippen MR) is 77.0 cm³/mol. The summed E-state index contributed by atoms with van der Waals surface area (Å²) in [5, 5.41) is 12.4. The van der Waals surface area contributed by atoms with E-state index in [0.29, 0.717) is 11.6 Å². The van der Waals surface area contributed by atoms with E-state index >= 15 is 0 Å². The van der Waals surface area contributed by atoms with Crippen LogP contribution in [0.1, 0.15) is 55.2 Å². The van der Waals surface area contributed by atoms with Crippen molar-refractivity contribution in [2.45, 2.75) is 51.5 Å². The molecule has 0 spiro atoms. The average molecular weight is 271 g/mol. The molecule has 0 atom stereocenters. The van der Waals surface area contributed by atoms with Crippen LogP contribution in [0.15, 0.2) is 18.2 Å². The number of hydrogen-bond donors (Lipinski definition) is 1. The first-order valence-corrected chi connectivity index (χ1v) is 7.26. The van der Waals surface area contributed by atoms with Gasteiger partial charge in [-0.1, -0.05) is 19.4 Å². The smallest absolute Gasteiger partial charge is 0.271 e. The summed E-state index contributed by atoms with van der Waals surface area (Å²) in [7, 11) is 0. The highest BCUT2D eigenvalue weighted by atomic mass is 16.2. The molecule has 1 aromatic heterocycles. The summed E-state index contributed by atoms with van der Waals surface area (Å²) in [5.74, 6) is 0.440. The number of nitrogens with one attached hydrogen (secondary N) is 1. The summed E-state index contributed by atoms with van der Waals surface area (Å²) >= 11 is 0. The fourth-order valence-electron chi connectivity index (χ4n) is 2.79. The molecular formula is C16H21N3O. The van der Waals surface area contributed by atoms with Crippen molar-refractivity contribution in [2.24, 2.45) is 5.92 Å². The van der Waals surface area contributed by atoms with Gasteiger partial charge in [-0.25, -0.2) is 4.98 Å². The second-order valence-corrected chi connectivity index (χ2v) is 5.66. The summed E-state index contributed by atoms with van der Waals surface area (Å²) in [6.07, 6.45) is 4.63. The number of hydrogen-bond acceptors (Lipinski definition) is 3. The van der Waals surface area contributed by atoms with Crippen molar-refractivity contribution in [3.8, 4) is 6.07 Å². The van der Waals surface area contributed by atoms with Gasteiger partial charge in [0, 0.05) is 5.69 Å². The summed E-state index contributed by atoms with van der Waals surface area (Å²) in [5.41, 5.74) is 0.476. The molecule has 1 saturated carbocycles. The van der Waals surface area contributed by atoms with Gasteiger partial charge in [0.1, 0.15) is 11.2 Å². The van der Waals surface area contributed by atoms with Gasteiger partial charge in [-0.15, -0.1) is 0 Å². The first kappa shape index (κ1) is 14.5. The Morgan fingerprint density at radius 1 is 1.50 bits per heavy atom. The highest BCUT2D eigenvalue weighted by molar-refractivity contribution is 5.93. The van der Waals surface area contributed by atoms with Gasteiger partial charge in [0.25, 0.3) is 5.91 Å². The lowest BCUT2D eigenvalue weighted by Gasteiger charge is -2.35. The first-order valence-electron chi connectivity index (χ1n) is 7.26. The van der Waals surface area contributed by atoms with E-state index in [-0.39, 0.29) is 5.91 Å². The lowest BCUT2D eigenvalue weighted by atomic mass is 9.76. The molecule has 1 aliphatic carbocycles. The molecule has 1 N–H and O–H groups in total. The van der Waals surface area contributed by atoms with E-state index in [2.05, 4.69) is 23.3 Å². The Labute approximate surface area is 120 Å². The van der Waals surface area contributed by atoms with E-state index in [0.717, 1.165) is 37.8 Å². The van der Waals surface area contributed by atoms with Crippen molar-refractivity contribution in [2.75, 3.05) is 0 Å². The quantitative estimate of drug-likeness (QED) is 0.919. The Hall–Kier alpha value is -1.89. The summed E-state index contributed by atoms with van der Waals surface area (Å²) < 4.78 is 0. The molecule has 0 aliphatic heterocycles. The Balaban J connectivity index is 2.07. The van der Waals surface area contributed by atoms with Crippen molar-refractivity contribution in [3.63, 3.8) is 0 Å². The third kappa shape index (κ3) is 3.16. The zero-order chi connectivity index (χ0) is 14.6. The largest absolute Gasteiger partial charge is 0.332 e. The number of carbonyl (C=O) groups excluding carboxylic acids is 1. The van der Waals surface area contributed by atoms with Crippen LogP contribution in [0.5, 0.6) is 0 Å². The van der Waals surface area contributed by atoms with Gasteiger partial charge in [0.2, 0.25) is 0 Å². The monoisotopic (exact) mass is 271 g/mol. The number of amides is 1. The number of carbonyl (C=O) groups is 1. The van der Waals surface area contributed by atoms with Gasteiger partial charge in [-0.2, -0.15) is 5.26 Å². The van der Waals surface area contributed by atoms with Crippen LogP contribution in [0.2, 0.25) is 0 Å². The number of rotatable bonds is 3. The third-order valence-electron chi connectivity index (χ3n) is 4.22. The van der Waals surface area contributed by atoms with Crippen LogP contribution >= 0.6 is 0 Å². The van der Waals surface area contributed by atoms with Crippen LogP contribution in [0.4, 0.5) is 0 Å². The van der Waals surface area contributed by atoms with Crippen molar-refractivity contribution in [1.29, 1.82) is 5.26 Å². The molecule has 0 aromatic carbocycles. The van der Waals surface area contributed by atoms with Crippen molar-refractivity contribution in [3.05, 3.63) is 29.6 Å². The molecular weight excluding hydrogens is 250 g/mol. The molecule has 1 heterocycles. The fourth-order valence-corrected chi connectivity index (χ4v) is 2.79. The van der Waals surface area contributed by atoms with Gasteiger partial charge in [0.05, 0.1) is 6.07 Å². The maximum Gasteiger partial charge on any atom is 0.271 e. The molecule has 20 heavy (non-hydrogen) atoms. The third-order valence-corrected chi connectivity index (χ3v) is 4.22. The van der Waals surface area contributed by atoms with E-state index in [1.165, 1.54) is 0 Å². The zero-order valence-electron chi connectivity index (χ0n) is 12.1. The van der Waals surface area contributed by atoms with E-state index < -0.39 is 5.54 Å². The topological polar surface area (TPSA) is 65.8 Å². The van der Waals surface area contributed by atoms with Crippen LogP contribution in [-0.4, -0.2) is 16.4 Å². The van der Waals surface area contributed by atoms with E-state index in [9.17, 15) is 10.1 Å². The highest BCUT2D eigenvalue weighted by Crippen LogP contribution is 2.33. The van der Waals surface area contributed by atoms with Gasteiger partial charge in [-0.05, 0) is 50.7 Å². The standard InChI is InChI=1S/C16H21N3O/c1-3-13-7-9-16(11-17,10-8-13)19-15(20)14-6-4-5-12(2)18-14/h4-6,13H,3,7-10H2,1-2H3,(H,19,20). The lowest BCUT2D eigenvalue weighted by Crippen LogP contribution is -2.49. The fraction of sp³-hybridized carbons (Fsp3) is 0.562. The molecule has 106 valence electrons. The minimum absolute atomic E-state index is 0.245. The Morgan fingerprint density at radius 2 is 2.20 bits per heavy atom. The molecule has 1 fully saturated rings. The van der Waals surface area contributed by atoms with Crippen LogP contribution < -0.4 is 5.32 Å². The maximum absolute atomic E-state index is 12.3. The molecule has 0 saturated heterocycles. The second kappa shape index (κ2) is 6.04. The first-order chi connectivity index (χ1) is 9.58. The number of aromatic nitrogens is 1. The van der Waals surface area contributed by atoms with Gasteiger partial charge in [-0.3, -0.25) is 4.79 Å². The van der Waals surface area contributed by atoms with E-state index in [4.69, 9.17) is 0 Å². The molecule has 0 unspecified atom stereocenters. The number of nitrogens with zero attached hydrogens (tertiary/aromatic N) is 2. The molecule has 0 bridgehead atoms. The number of nitriles is 1. The molecule has 4 heteroatoms. The van der Waals surface area contributed by atoms with Gasteiger partial charge < -0.3 is 5.32 Å². The zero-order valence-corrected chi connectivity index (χ0v) is 12.1. The normalized spacial score (nSPS) is 25.8. The van der Waals surface area contributed by atoms with Gasteiger partial charge in [0.15, 0.2) is 0 Å². The Bertz CT molecular complexity index is 525. The van der Waals surface area contributed by atoms with Crippen molar-refractivity contribution in [1.82, 2.24) is 10.3 Å². The lowest BCUT2D eigenvalue weighted by molar-refractivity contribution is 0.0886.